The van der Waals surface area contributed by atoms with Crippen molar-refractivity contribution < 1.29 is 67.0 Å². The van der Waals surface area contributed by atoms with Gasteiger partial charge in [0.2, 0.25) is 0 Å². The van der Waals surface area contributed by atoms with Gasteiger partial charge >= 0.3 is 15.6 Å². The van der Waals surface area contributed by atoms with Crippen LogP contribution in [-0.2, 0) is 32.0 Å². The van der Waals surface area contributed by atoms with Crippen LogP contribution in [0.3, 0.4) is 0 Å². The van der Waals surface area contributed by atoms with Gasteiger partial charge < -0.3 is 51.2 Å². The summed E-state index contributed by atoms with van der Waals surface area (Å²) in [7, 11) is -10.8. The fourth-order valence-corrected chi connectivity index (χ4v) is 6.63. The van der Waals surface area contributed by atoms with Crippen molar-refractivity contribution in [2.45, 2.75) is 49.0 Å². The number of fused-ring (bicyclic) bond motifs is 1. The Labute approximate surface area is 246 Å². The van der Waals surface area contributed by atoms with Crippen LogP contribution in [0.2, 0.25) is 0 Å². The number of carbonyl (C=O) groups excluding carboxylic acids is 1. The highest BCUT2D eigenvalue weighted by atomic mass is 31.3. The van der Waals surface area contributed by atoms with Gasteiger partial charge in [-0.1, -0.05) is 6.07 Å². The van der Waals surface area contributed by atoms with Crippen LogP contribution in [0.25, 0.3) is 11.2 Å². The second kappa shape index (κ2) is 12.4. The summed E-state index contributed by atoms with van der Waals surface area (Å²) in [4.78, 5) is 47.2. The molecule has 10 atom stereocenters. The Kier molecular flexibility index (Phi) is 9.13. The molecule has 10 N–H and O–H groups in total. The number of hydrogen-bond acceptors (Lipinski definition) is 17. The number of aromatic nitrogens is 5. The molecule has 0 aliphatic carbocycles. The normalized spacial score (nSPS) is 31.6. The zero-order valence-corrected chi connectivity index (χ0v) is 23.9. The summed E-state index contributed by atoms with van der Waals surface area (Å²) in [5.74, 6) is -0.807. The number of nitrogen functional groups attached to an aromatic ring is 1. The molecule has 240 valence electrons. The van der Waals surface area contributed by atoms with E-state index in [0.717, 1.165) is 6.33 Å². The van der Waals surface area contributed by atoms with E-state index in [1.807, 2.05) is 0 Å². The number of primary amides is 1. The Morgan fingerprint density at radius 1 is 0.932 bits per heavy atom. The van der Waals surface area contributed by atoms with Gasteiger partial charge in [0.1, 0.15) is 60.3 Å². The third-order valence-electron chi connectivity index (χ3n) is 6.69. The van der Waals surface area contributed by atoms with Crippen LogP contribution in [0, 0.1) is 0 Å². The van der Waals surface area contributed by atoms with Gasteiger partial charge in [-0.15, -0.1) is 0 Å². The fourth-order valence-electron chi connectivity index (χ4n) is 4.54. The van der Waals surface area contributed by atoms with Gasteiger partial charge in [-0.25, -0.2) is 29.1 Å². The standard InChI is InChI=1S/C21H27N7O14P2/c22-18-12-20(25-6-24-18)28(7-26-12)21-16(32)14(30)11(41-21)5-39-44(36,37)42-43(34,35)38-4-10-13(29)15(31)17(40-10)8-2-1-3-9(27-8)19(23)33/h1-3,6-7,10-11,13-17,21,29-32H,4-5H2,(H2,23,33)(H,34,35)(H,36,37)(H2,22,24,25)/t10-,11-,13?,14?,15+,16+,17+,21-/m1/s1. The molecule has 0 spiro atoms. The Bertz CT molecular complexity index is 1630. The van der Waals surface area contributed by atoms with E-state index < -0.39 is 83.7 Å². The average molecular weight is 663 g/mol. The van der Waals surface area contributed by atoms with Crippen molar-refractivity contribution in [3.63, 3.8) is 0 Å². The summed E-state index contributed by atoms with van der Waals surface area (Å²) >= 11 is 0. The predicted octanol–water partition coefficient (Wildman–Crippen LogP) is -2.37. The van der Waals surface area contributed by atoms with E-state index in [4.69, 9.17) is 25.5 Å². The van der Waals surface area contributed by atoms with E-state index in [-0.39, 0.29) is 28.4 Å². The van der Waals surface area contributed by atoms with Gasteiger partial charge in [0.05, 0.1) is 25.2 Å². The van der Waals surface area contributed by atoms with E-state index in [2.05, 4.69) is 28.8 Å². The van der Waals surface area contributed by atoms with Crippen LogP contribution in [0.4, 0.5) is 5.82 Å². The molecular formula is C21H27N7O14P2. The number of aliphatic hydroxyl groups is 4. The maximum atomic E-state index is 12.4. The molecule has 2 saturated heterocycles. The first-order chi connectivity index (χ1) is 20.7. The molecule has 0 saturated carbocycles. The second-order valence-corrected chi connectivity index (χ2v) is 12.7. The summed E-state index contributed by atoms with van der Waals surface area (Å²) in [6, 6.07) is 4.10. The maximum Gasteiger partial charge on any atom is 0.481 e. The monoisotopic (exact) mass is 663 g/mol. The number of pyridine rings is 1. The first-order valence-electron chi connectivity index (χ1n) is 12.6. The number of nitrogens with zero attached hydrogens (tertiary/aromatic N) is 5. The minimum absolute atomic E-state index is 0.0225. The quantitative estimate of drug-likeness (QED) is 0.0994. The number of anilines is 1. The van der Waals surface area contributed by atoms with Crippen molar-refractivity contribution >= 4 is 38.5 Å². The highest BCUT2D eigenvalue weighted by Gasteiger charge is 2.48. The van der Waals surface area contributed by atoms with E-state index in [1.54, 1.807) is 0 Å². The van der Waals surface area contributed by atoms with Crippen LogP contribution in [0.1, 0.15) is 28.5 Å². The molecule has 21 nitrogen and oxygen atoms in total. The van der Waals surface area contributed by atoms with Crippen LogP contribution < -0.4 is 11.5 Å². The number of phosphoric acid groups is 2. The van der Waals surface area contributed by atoms with Gasteiger partial charge in [-0.2, -0.15) is 4.31 Å². The molecule has 5 rings (SSSR count). The molecule has 23 heteroatoms. The van der Waals surface area contributed by atoms with Crippen molar-refractivity contribution in [3.05, 3.63) is 42.2 Å². The molecule has 44 heavy (non-hydrogen) atoms. The molecule has 2 fully saturated rings. The lowest BCUT2D eigenvalue weighted by Crippen LogP contribution is -2.33. The van der Waals surface area contributed by atoms with Crippen LogP contribution in [0.5, 0.6) is 0 Å². The summed E-state index contributed by atoms with van der Waals surface area (Å²) in [5.41, 5.74) is 11.2. The topological polar surface area (TPSA) is 327 Å². The van der Waals surface area contributed by atoms with Crippen molar-refractivity contribution in [1.29, 1.82) is 0 Å². The minimum atomic E-state index is -5.38. The van der Waals surface area contributed by atoms with Gasteiger partial charge in [0.25, 0.3) is 5.91 Å². The largest absolute Gasteiger partial charge is 0.481 e. The number of carbonyl (C=O) groups is 1. The maximum absolute atomic E-state index is 12.4. The predicted molar refractivity (Wildman–Crippen MR) is 141 cm³/mol. The average Bonchev–Trinajstić information content (AvgIpc) is 3.61. The molecular weight excluding hydrogens is 636 g/mol. The lowest BCUT2D eigenvalue weighted by atomic mass is 10.1. The Morgan fingerprint density at radius 2 is 1.57 bits per heavy atom. The summed E-state index contributed by atoms with van der Waals surface area (Å²) < 4.78 is 50.7. The molecule has 0 bridgehead atoms. The van der Waals surface area contributed by atoms with Crippen LogP contribution in [0.15, 0.2) is 30.9 Å². The van der Waals surface area contributed by atoms with Crippen LogP contribution >= 0.6 is 15.6 Å². The molecule has 0 aromatic carbocycles. The lowest BCUT2D eigenvalue weighted by molar-refractivity contribution is -0.0507. The van der Waals surface area contributed by atoms with Gasteiger partial charge in [0.15, 0.2) is 17.7 Å². The molecule has 1 amide bonds. The van der Waals surface area contributed by atoms with Crippen molar-refractivity contribution in [2.75, 3.05) is 18.9 Å². The summed E-state index contributed by atoms with van der Waals surface area (Å²) in [6.45, 7) is -1.81. The van der Waals surface area contributed by atoms with E-state index in [0.29, 0.717) is 0 Å². The number of ether oxygens (including phenoxy) is 2. The van der Waals surface area contributed by atoms with E-state index >= 15 is 0 Å². The Hall–Kier alpha value is -3.01. The number of aliphatic hydroxyl groups excluding tert-OH is 4. The highest BCUT2D eigenvalue weighted by Crippen LogP contribution is 2.60. The fraction of sp³-hybridized carbons (Fsp3) is 0.476. The van der Waals surface area contributed by atoms with Gasteiger partial charge in [-0.05, 0) is 12.1 Å². The van der Waals surface area contributed by atoms with Crippen molar-refractivity contribution in [2.24, 2.45) is 5.73 Å². The molecule has 4 unspecified atom stereocenters. The smallest absolute Gasteiger partial charge is 0.387 e. The van der Waals surface area contributed by atoms with Crippen LogP contribution in [-0.4, -0.2) is 110 Å². The summed E-state index contributed by atoms with van der Waals surface area (Å²) in [5, 5.41) is 41.6. The summed E-state index contributed by atoms with van der Waals surface area (Å²) in [6.07, 6.45) is -9.61. The van der Waals surface area contributed by atoms with E-state index in [1.165, 1.54) is 29.1 Å². The first kappa shape index (κ1) is 32.4. The van der Waals surface area contributed by atoms with Crippen molar-refractivity contribution in [1.82, 2.24) is 24.5 Å². The molecule has 0 radical (unpaired) electrons. The zero-order chi connectivity index (χ0) is 32.0. The van der Waals surface area contributed by atoms with Gasteiger partial charge in [0, 0.05) is 0 Å². The Morgan fingerprint density at radius 3 is 2.23 bits per heavy atom. The number of hydrogen-bond donors (Lipinski definition) is 8. The molecule has 5 heterocycles. The van der Waals surface area contributed by atoms with Gasteiger partial charge in [-0.3, -0.25) is 18.4 Å². The highest BCUT2D eigenvalue weighted by molar-refractivity contribution is 7.61. The third kappa shape index (κ3) is 6.65. The zero-order valence-electron chi connectivity index (χ0n) is 22.2. The molecule has 3 aromatic heterocycles. The van der Waals surface area contributed by atoms with Crippen molar-refractivity contribution in [3.8, 4) is 0 Å². The third-order valence-corrected chi connectivity index (χ3v) is 9.29. The second-order valence-electron chi connectivity index (χ2n) is 9.63. The lowest BCUT2D eigenvalue weighted by Gasteiger charge is -2.20. The number of rotatable bonds is 11. The molecule has 2 aliphatic heterocycles. The number of amides is 1. The minimum Gasteiger partial charge on any atom is -0.387 e. The number of imidazole rings is 1. The molecule has 2 aliphatic rings. The Balaban J connectivity index is 1.16. The molecule has 3 aromatic rings. The van der Waals surface area contributed by atoms with E-state index in [9.17, 15) is 44.1 Å². The SMILES string of the molecule is NC(=O)c1cccc([C@@H]2O[C@H](COP(=O)(O)OP(=O)(O)OC[C@H]3O[C@@H](n4cnc5c(N)ncnc54)[C@@H](O)C3O)C(O)[C@@H]2O)n1. The number of phosphoric ester groups is 2. The number of nitrogens with two attached hydrogens (primary N) is 2. The first-order valence-corrected chi connectivity index (χ1v) is 15.6.